The molecule has 0 aliphatic carbocycles. The van der Waals surface area contributed by atoms with Gasteiger partial charge in [-0.15, -0.1) is 0 Å². The fourth-order valence-corrected chi connectivity index (χ4v) is 4.74. The van der Waals surface area contributed by atoms with E-state index in [1.165, 1.54) is 0 Å². The Kier molecular flexibility index (Phi) is 8.20. The number of thiocarbonyl (C=S) groups is 1. The number of carbonyl (C=O) groups is 2. The molecule has 0 aromatic heterocycles. The van der Waals surface area contributed by atoms with Gasteiger partial charge in [0.1, 0.15) is 0 Å². The van der Waals surface area contributed by atoms with E-state index in [2.05, 4.69) is 28.0 Å². The maximum Gasteiger partial charge on any atom is 0.285 e. The number of hydrogen-bond donors (Lipinski definition) is 1. The normalized spacial score (nSPS) is 14.8. The highest BCUT2D eigenvalue weighted by Gasteiger charge is 2.34. The molecular formula is C21H18ClIN2O4S2. The molecule has 1 saturated heterocycles. The lowest BCUT2D eigenvalue weighted by Crippen LogP contribution is -2.44. The van der Waals surface area contributed by atoms with Gasteiger partial charge in [-0.05, 0) is 89.3 Å². The number of amides is 2. The van der Waals surface area contributed by atoms with Crippen LogP contribution in [0.2, 0.25) is 5.02 Å². The SMILES string of the molecule is CCCOc1c(I)cc(/C=C2\SC(=S)N(NC(=O)c3ccc(Cl)cc3)C2=O)cc1OC. The molecule has 1 fully saturated rings. The number of rotatable bonds is 7. The van der Waals surface area contributed by atoms with Gasteiger partial charge >= 0.3 is 0 Å². The standard InChI is InChI=1S/C21H18ClIN2O4S2/c1-3-8-29-18-15(23)9-12(10-16(18)28-2)11-17-20(27)25(21(30)31-17)24-19(26)13-4-6-14(22)7-5-13/h4-7,9-11H,3,8H2,1-2H3,(H,24,26)/b17-11-. The predicted molar refractivity (Wildman–Crippen MR) is 135 cm³/mol. The predicted octanol–water partition coefficient (Wildman–Crippen LogP) is 5.29. The number of nitrogens with zero attached hydrogens (tertiary/aromatic N) is 1. The van der Waals surface area contributed by atoms with Crippen LogP contribution in [-0.4, -0.2) is 34.9 Å². The highest BCUT2D eigenvalue weighted by Crippen LogP contribution is 2.37. The summed E-state index contributed by atoms with van der Waals surface area (Å²) >= 11 is 14.4. The molecule has 0 bridgehead atoms. The summed E-state index contributed by atoms with van der Waals surface area (Å²) in [6.07, 6.45) is 2.59. The Bertz CT molecular complexity index is 1060. The quantitative estimate of drug-likeness (QED) is 0.270. The first kappa shape index (κ1) is 23.8. The number of methoxy groups -OCH3 is 1. The lowest BCUT2D eigenvalue weighted by molar-refractivity contribution is -0.123. The van der Waals surface area contributed by atoms with Crippen LogP contribution >= 0.6 is 58.2 Å². The molecule has 3 rings (SSSR count). The Labute approximate surface area is 208 Å². The largest absolute Gasteiger partial charge is 0.493 e. The van der Waals surface area contributed by atoms with Gasteiger partial charge in [-0.3, -0.25) is 15.0 Å². The summed E-state index contributed by atoms with van der Waals surface area (Å²) in [6, 6.07) is 10.0. The first-order chi connectivity index (χ1) is 14.8. The maximum absolute atomic E-state index is 12.8. The van der Waals surface area contributed by atoms with Gasteiger partial charge in [0, 0.05) is 10.6 Å². The lowest BCUT2D eigenvalue weighted by atomic mass is 10.2. The van der Waals surface area contributed by atoms with Gasteiger partial charge in [0.05, 0.1) is 22.2 Å². The monoisotopic (exact) mass is 588 g/mol. The molecule has 0 saturated carbocycles. The van der Waals surface area contributed by atoms with Crippen molar-refractivity contribution in [2.45, 2.75) is 13.3 Å². The van der Waals surface area contributed by atoms with Gasteiger partial charge in [-0.2, -0.15) is 5.01 Å². The van der Waals surface area contributed by atoms with Crippen LogP contribution in [0.25, 0.3) is 6.08 Å². The summed E-state index contributed by atoms with van der Waals surface area (Å²) in [5, 5.41) is 1.59. The van der Waals surface area contributed by atoms with Gasteiger partial charge in [0.2, 0.25) is 0 Å². The van der Waals surface area contributed by atoms with Crippen LogP contribution in [0.15, 0.2) is 41.3 Å². The molecule has 10 heteroatoms. The number of carbonyl (C=O) groups excluding carboxylic acids is 2. The van der Waals surface area contributed by atoms with Crippen molar-refractivity contribution < 1.29 is 19.1 Å². The second-order valence-corrected chi connectivity index (χ2v) is 9.62. The van der Waals surface area contributed by atoms with E-state index in [0.717, 1.165) is 32.3 Å². The molecule has 0 spiro atoms. The summed E-state index contributed by atoms with van der Waals surface area (Å²) in [4.78, 5) is 25.7. The molecule has 1 aliphatic rings. The van der Waals surface area contributed by atoms with Crippen molar-refractivity contribution >= 4 is 80.4 Å². The van der Waals surface area contributed by atoms with Crippen molar-refractivity contribution in [2.75, 3.05) is 13.7 Å². The van der Waals surface area contributed by atoms with Gasteiger partial charge < -0.3 is 9.47 Å². The minimum atomic E-state index is -0.456. The van der Waals surface area contributed by atoms with E-state index in [-0.39, 0.29) is 4.32 Å². The maximum atomic E-state index is 12.8. The second-order valence-electron chi connectivity index (χ2n) is 6.35. The zero-order valence-corrected chi connectivity index (χ0v) is 21.2. The van der Waals surface area contributed by atoms with Crippen molar-refractivity contribution in [1.29, 1.82) is 0 Å². The lowest BCUT2D eigenvalue weighted by Gasteiger charge is -2.15. The van der Waals surface area contributed by atoms with Crippen LogP contribution in [0.3, 0.4) is 0 Å². The third-order valence-corrected chi connectivity index (χ3v) is 6.47. The number of benzene rings is 2. The number of ether oxygens (including phenoxy) is 2. The molecule has 1 aliphatic heterocycles. The van der Waals surface area contributed by atoms with E-state index in [0.29, 0.717) is 33.6 Å². The zero-order chi connectivity index (χ0) is 22.5. The van der Waals surface area contributed by atoms with E-state index in [1.807, 2.05) is 13.0 Å². The Morgan fingerprint density at radius 1 is 1.32 bits per heavy atom. The smallest absolute Gasteiger partial charge is 0.285 e. The van der Waals surface area contributed by atoms with Crippen molar-refractivity contribution in [3.63, 3.8) is 0 Å². The number of halogens is 2. The van der Waals surface area contributed by atoms with Gasteiger partial charge in [-0.1, -0.05) is 30.3 Å². The summed E-state index contributed by atoms with van der Waals surface area (Å²) in [5.74, 6) is 0.392. The number of hydrogen-bond acceptors (Lipinski definition) is 6. The molecule has 0 atom stereocenters. The Morgan fingerprint density at radius 2 is 2.03 bits per heavy atom. The average Bonchev–Trinajstić information content (AvgIpc) is 3.00. The summed E-state index contributed by atoms with van der Waals surface area (Å²) in [5.41, 5.74) is 3.67. The highest BCUT2D eigenvalue weighted by atomic mass is 127. The van der Waals surface area contributed by atoms with E-state index in [9.17, 15) is 9.59 Å². The first-order valence-corrected chi connectivity index (χ1v) is 11.9. The van der Waals surface area contributed by atoms with E-state index in [1.54, 1.807) is 43.5 Å². The topological polar surface area (TPSA) is 67.9 Å². The number of thioether (sulfide) groups is 1. The number of hydrazine groups is 1. The van der Waals surface area contributed by atoms with Gasteiger partial charge in [-0.25, -0.2) is 0 Å². The fourth-order valence-electron chi connectivity index (χ4n) is 2.65. The summed E-state index contributed by atoms with van der Waals surface area (Å²) < 4.78 is 12.3. The minimum absolute atomic E-state index is 0.239. The molecule has 162 valence electrons. The molecule has 6 nitrogen and oxygen atoms in total. The zero-order valence-electron chi connectivity index (χ0n) is 16.6. The minimum Gasteiger partial charge on any atom is -0.493 e. The van der Waals surface area contributed by atoms with E-state index in [4.69, 9.17) is 33.3 Å². The Hall–Kier alpha value is -1.82. The first-order valence-electron chi connectivity index (χ1n) is 9.19. The Balaban J connectivity index is 1.80. The van der Waals surface area contributed by atoms with Crippen LogP contribution < -0.4 is 14.9 Å². The molecule has 31 heavy (non-hydrogen) atoms. The van der Waals surface area contributed by atoms with Crippen LogP contribution in [0.1, 0.15) is 29.3 Å². The molecule has 0 unspecified atom stereocenters. The van der Waals surface area contributed by atoms with Crippen LogP contribution in [0, 0.1) is 3.57 Å². The number of nitrogens with one attached hydrogen (secondary N) is 1. The van der Waals surface area contributed by atoms with Crippen LogP contribution in [-0.2, 0) is 4.79 Å². The molecule has 0 radical (unpaired) electrons. The van der Waals surface area contributed by atoms with Crippen LogP contribution in [0.4, 0.5) is 0 Å². The third-order valence-electron chi connectivity index (χ3n) is 4.11. The van der Waals surface area contributed by atoms with Crippen molar-refractivity contribution in [1.82, 2.24) is 10.4 Å². The molecular weight excluding hydrogens is 571 g/mol. The second kappa shape index (κ2) is 10.7. The summed E-state index contributed by atoms with van der Waals surface area (Å²) in [7, 11) is 1.57. The average molecular weight is 589 g/mol. The third kappa shape index (κ3) is 5.71. The molecule has 1 heterocycles. The van der Waals surface area contributed by atoms with E-state index < -0.39 is 11.8 Å². The van der Waals surface area contributed by atoms with Crippen molar-refractivity contribution in [2.24, 2.45) is 0 Å². The van der Waals surface area contributed by atoms with Gasteiger partial charge in [0.15, 0.2) is 15.8 Å². The molecule has 1 N–H and O–H groups in total. The molecule has 2 aromatic carbocycles. The highest BCUT2D eigenvalue weighted by molar-refractivity contribution is 14.1. The summed E-state index contributed by atoms with van der Waals surface area (Å²) in [6.45, 7) is 2.61. The van der Waals surface area contributed by atoms with Gasteiger partial charge in [0.25, 0.3) is 11.8 Å². The van der Waals surface area contributed by atoms with Crippen molar-refractivity contribution in [3.05, 3.63) is 61.0 Å². The Morgan fingerprint density at radius 3 is 2.68 bits per heavy atom. The van der Waals surface area contributed by atoms with Crippen molar-refractivity contribution in [3.8, 4) is 11.5 Å². The molecule has 2 amide bonds. The molecule has 2 aromatic rings. The van der Waals surface area contributed by atoms with Crippen LogP contribution in [0.5, 0.6) is 11.5 Å². The van der Waals surface area contributed by atoms with E-state index >= 15 is 0 Å². The fraction of sp³-hybridized carbons (Fsp3) is 0.190.